The molecular weight excluding hydrogens is 106 g/mol. The number of quaternary nitrogens is 1. The van der Waals surface area contributed by atoms with Crippen LogP contribution < -0.4 is 6.15 Å². The smallest absolute Gasteiger partial charge is 0.229 e. The van der Waals surface area contributed by atoms with E-state index in [4.69, 9.17) is 4.43 Å². The molecule has 0 spiro atoms. The first-order valence-corrected chi connectivity index (χ1v) is 3.46. The second-order valence-corrected chi connectivity index (χ2v) is 2.53. The van der Waals surface area contributed by atoms with Crippen LogP contribution in [0.5, 0.6) is 0 Å². The first-order chi connectivity index (χ1) is 3.00. The molecule has 2 nitrogen and oxygen atoms in total. The molecule has 1 saturated heterocycles. The van der Waals surface area contributed by atoms with E-state index in [9.17, 15) is 0 Å². The Hall–Kier alpha value is 0.137. The summed E-state index contributed by atoms with van der Waals surface area (Å²) in [6.45, 7) is 1.01. The van der Waals surface area contributed by atoms with Gasteiger partial charge in [-0.25, -0.2) is 0 Å². The van der Waals surface area contributed by atoms with Crippen molar-refractivity contribution in [3.05, 3.63) is 0 Å². The summed E-state index contributed by atoms with van der Waals surface area (Å²) in [5.41, 5.74) is 0. The van der Waals surface area contributed by atoms with Gasteiger partial charge in [0, 0.05) is 6.61 Å². The Morgan fingerprint density at radius 1 is 1.29 bits per heavy atom. The second kappa shape index (κ2) is 4.30. The van der Waals surface area contributed by atoms with Crippen LogP contribution in [-0.4, -0.2) is 16.4 Å². The van der Waals surface area contributed by atoms with Crippen LogP contribution in [-0.2, 0) is 4.43 Å². The van der Waals surface area contributed by atoms with E-state index < -0.39 is 0 Å². The monoisotopic (exact) mass is 118 g/mol. The van der Waals surface area contributed by atoms with E-state index in [0.29, 0.717) is 0 Å². The van der Waals surface area contributed by atoms with E-state index in [1.165, 1.54) is 18.9 Å². The minimum atomic E-state index is 0. The summed E-state index contributed by atoms with van der Waals surface area (Å²) in [5, 5.41) is 0. The topological polar surface area (TPSA) is 45.7 Å². The minimum absolute atomic E-state index is 0. The van der Waals surface area contributed by atoms with E-state index in [0.717, 1.165) is 16.4 Å². The van der Waals surface area contributed by atoms with Gasteiger partial charge >= 0.3 is 0 Å². The van der Waals surface area contributed by atoms with Crippen LogP contribution in [0.25, 0.3) is 0 Å². The molecule has 0 unspecified atom stereocenters. The molecule has 0 aromatic heterocycles. The van der Waals surface area contributed by atoms with Gasteiger partial charge in [0.25, 0.3) is 0 Å². The molecule has 2 radical (unpaired) electrons. The van der Waals surface area contributed by atoms with Crippen molar-refractivity contribution in [2.75, 3.05) is 6.61 Å². The lowest BCUT2D eigenvalue weighted by molar-refractivity contribution is 0.304. The molecule has 1 heterocycles. The first-order valence-electron chi connectivity index (χ1n) is 2.35. The van der Waals surface area contributed by atoms with Crippen molar-refractivity contribution in [2.24, 2.45) is 0 Å². The number of rotatable bonds is 0. The van der Waals surface area contributed by atoms with E-state index >= 15 is 0 Å². The lowest BCUT2D eigenvalue weighted by atomic mass is 10.4. The highest BCUT2D eigenvalue weighted by Crippen LogP contribution is 2.01. The van der Waals surface area contributed by atoms with Crippen molar-refractivity contribution in [1.82, 2.24) is 6.15 Å². The Morgan fingerprint density at radius 3 is 2.29 bits per heavy atom. The molecule has 7 heavy (non-hydrogen) atoms. The molecule has 0 atom stereocenters. The Labute approximate surface area is 46.8 Å². The minimum Gasteiger partial charge on any atom is -0.417 e. The van der Waals surface area contributed by atoms with E-state index in [1.54, 1.807) is 0 Å². The van der Waals surface area contributed by atoms with Crippen LogP contribution in [0, 0.1) is 0 Å². The van der Waals surface area contributed by atoms with Crippen LogP contribution in [0.2, 0.25) is 6.04 Å². The molecule has 0 aromatic carbocycles. The lowest BCUT2D eigenvalue weighted by Gasteiger charge is -2.06. The molecule has 3 heteroatoms. The maximum Gasteiger partial charge on any atom is 0.229 e. The highest BCUT2D eigenvalue weighted by Gasteiger charge is 1.97. The Morgan fingerprint density at radius 2 is 2.14 bits per heavy atom. The highest BCUT2D eigenvalue weighted by atomic mass is 28.2. The van der Waals surface area contributed by atoms with Crippen LogP contribution in [0.3, 0.4) is 0 Å². The maximum atomic E-state index is 5.10. The lowest BCUT2D eigenvalue weighted by Crippen LogP contribution is -2.06. The van der Waals surface area contributed by atoms with Crippen LogP contribution in [0.4, 0.5) is 0 Å². The first kappa shape index (κ1) is 7.14. The van der Waals surface area contributed by atoms with Crippen molar-refractivity contribution >= 4 is 9.76 Å². The Bertz CT molecular complexity index is 27.2. The van der Waals surface area contributed by atoms with Gasteiger partial charge in [-0.15, -0.1) is 0 Å². The number of hydrogen-bond donors (Lipinski definition) is 1. The van der Waals surface area contributed by atoms with Gasteiger partial charge in [0.05, 0.1) is 0 Å². The van der Waals surface area contributed by atoms with Crippen LogP contribution >= 0.6 is 0 Å². The zero-order chi connectivity index (χ0) is 4.24. The summed E-state index contributed by atoms with van der Waals surface area (Å²) in [6, 6.07) is 1.31. The third-order valence-corrected chi connectivity index (χ3v) is 1.84. The van der Waals surface area contributed by atoms with Crippen molar-refractivity contribution in [3.8, 4) is 0 Å². The molecule has 0 bridgehead atoms. The third kappa shape index (κ3) is 2.79. The van der Waals surface area contributed by atoms with Gasteiger partial charge in [-0.05, 0) is 12.5 Å². The summed E-state index contributed by atoms with van der Waals surface area (Å²) in [4.78, 5) is 0. The van der Waals surface area contributed by atoms with Crippen molar-refractivity contribution in [1.29, 1.82) is 0 Å². The van der Waals surface area contributed by atoms with Gasteiger partial charge in [-0.1, -0.05) is 6.42 Å². The van der Waals surface area contributed by atoms with E-state index in [1.807, 2.05) is 0 Å². The van der Waals surface area contributed by atoms with E-state index in [2.05, 4.69) is 0 Å². The fourth-order valence-electron chi connectivity index (χ4n) is 0.516. The highest BCUT2D eigenvalue weighted by molar-refractivity contribution is 6.27. The quantitative estimate of drug-likeness (QED) is 0.477. The average Bonchev–Trinajstić information content (AvgIpc) is 1.72. The summed E-state index contributed by atoms with van der Waals surface area (Å²) in [7, 11) is 0.802. The van der Waals surface area contributed by atoms with E-state index in [-0.39, 0.29) is 6.15 Å². The fraction of sp³-hybridized carbons (Fsp3) is 1.00. The molecule has 0 aliphatic carbocycles. The molecular formula is C4H12NOSi+. The summed E-state index contributed by atoms with van der Waals surface area (Å²) < 4.78 is 5.10. The molecule has 42 valence electrons. The average molecular weight is 118 g/mol. The van der Waals surface area contributed by atoms with Crippen molar-refractivity contribution in [3.63, 3.8) is 0 Å². The normalized spacial score (nSPS) is 20.6. The van der Waals surface area contributed by atoms with Gasteiger partial charge < -0.3 is 10.6 Å². The molecule has 0 saturated carbocycles. The van der Waals surface area contributed by atoms with Gasteiger partial charge in [-0.3, -0.25) is 0 Å². The molecule has 1 aliphatic heterocycles. The van der Waals surface area contributed by atoms with Crippen molar-refractivity contribution in [2.45, 2.75) is 18.9 Å². The SMILES string of the molecule is C1CC[Si]OC1.[NH4+]. The molecule has 1 aliphatic rings. The summed E-state index contributed by atoms with van der Waals surface area (Å²) in [5.74, 6) is 0. The standard InChI is InChI=1S/C4H8OSi.H3N/c1-2-4-6-5-3-1;/h1-4H2;1H3/p+1. The van der Waals surface area contributed by atoms with Gasteiger partial charge in [0.2, 0.25) is 9.76 Å². The summed E-state index contributed by atoms with van der Waals surface area (Å²) >= 11 is 0. The van der Waals surface area contributed by atoms with Crippen LogP contribution in [0.15, 0.2) is 0 Å². The fourth-order valence-corrected chi connectivity index (χ4v) is 1.34. The van der Waals surface area contributed by atoms with Gasteiger partial charge in [0.1, 0.15) is 0 Å². The predicted molar refractivity (Wildman–Crippen MR) is 31.7 cm³/mol. The molecule has 4 N–H and O–H groups in total. The number of hydrogen-bond acceptors (Lipinski definition) is 1. The van der Waals surface area contributed by atoms with Crippen molar-refractivity contribution < 1.29 is 4.43 Å². The molecule has 1 fully saturated rings. The predicted octanol–water partition coefficient (Wildman–Crippen LogP) is 1.21. The maximum absolute atomic E-state index is 5.10. The van der Waals surface area contributed by atoms with Gasteiger partial charge in [0.15, 0.2) is 0 Å². The molecule has 0 amide bonds. The zero-order valence-corrected chi connectivity index (χ0v) is 5.74. The second-order valence-electron chi connectivity index (χ2n) is 1.45. The van der Waals surface area contributed by atoms with Crippen LogP contribution in [0.1, 0.15) is 12.8 Å². The largest absolute Gasteiger partial charge is 0.417 e. The Kier molecular flexibility index (Phi) is 4.38. The third-order valence-electron chi connectivity index (χ3n) is 0.877. The molecule has 1 rings (SSSR count). The summed E-state index contributed by atoms with van der Waals surface area (Å²) in [6.07, 6.45) is 2.67. The Balaban J connectivity index is 0.000000360. The molecule has 0 aromatic rings. The zero-order valence-electron chi connectivity index (χ0n) is 4.74. The van der Waals surface area contributed by atoms with Gasteiger partial charge in [-0.2, -0.15) is 0 Å².